The fraction of sp³-hybridized carbons (Fsp3) is 0.316. The molecule has 0 radical (unpaired) electrons. The van der Waals surface area contributed by atoms with Crippen molar-refractivity contribution in [2.75, 3.05) is 11.9 Å². The van der Waals surface area contributed by atoms with Crippen molar-refractivity contribution >= 4 is 11.6 Å². The van der Waals surface area contributed by atoms with Gasteiger partial charge in [-0.1, -0.05) is 36.4 Å². The van der Waals surface area contributed by atoms with Gasteiger partial charge in [0.25, 0.3) is 0 Å². The lowest BCUT2D eigenvalue weighted by Gasteiger charge is -2.11. The third kappa shape index (κ3) is 4.62. The Hall–Kier alpha value is -2.29. The first-order valence-corrected chi connectivity index (χ1v) is 7.68. The molecular formula is C19H24N2O. The molecule has 0 atom stereocenters. The number of hydrogen-bond acceptors (Lipinski definition) is 2. The number of rotatable bonds is 6. The van der Waals surface area contributed by atoms with Gasteiger partial charge in [-0.3, -0.25) is 4.79 Å². The molecule has 0 aromatic heterocycles. The Morgan fingerprint density at radius 3 is 2.55 bits per heavy atom. The monoisotopic (exact) mass is 296 g/mol. The maximum Gasteiger partial charge on any atom is 0.222 e. The van der Waals surface area contributed by atoms with Crippen molar-refractivity contribution in [2.45, 2.75) is 33.7 Å². The highest BCUT2D eigenvalue weighted by Gasteiger charge is 2.04. The highest BCUT2D eigenvalue weighted by atomic mass is 16.1. The Morgan fingerprint density at radius 1 is 1.00 bits per heavy atom. The molecule has 0 spiro atoms. The normalized spacial score (nSPS) is 10.3. The third-order valence-electron chi connectivity index (χ3n) is 3.80. The molecule has 0 aliphatic rings. The minimum absolute atomic E-state index is 0.0704. The lowest BCUT2D eigenvalue weighted by molar-refractivity contribution is -0.121. The predicted octanol–water partition coefficient (Wildman–Crippen LogP) is 3.73. The second-order valence-corrected chi connectivity index (χ2v) is 5.70. The largest absolute Gasteiger partial charge is 0.384 e. The van der Waals surface area contributed by atoms with Gasteiger partial charge in [0.05, 0.1) is 0 Å². The fourth-order valence-electron chi connectivity index (χ4n) is 2.33. The predicted molar refractivity (Wildman–Crippen MR) is 92.0 cm³/mol. The molecule has 22 heavy (non-hydrogen) atoms. The average molecular weight is 296 g/mol. The van der Waals surface area contributed by atoms with E-state index in [1.54, 1.807) is 0 Å². The van der Waals surface area contributed by atoms with Crippen LogP contribution in [-0.2, 0) is 11.3 Å². The van der Waals surface area contributed by atoms with Gasteiger partial charge in [-0.2, -0.15) is 0 Å². The minimum atomic E-state index is 0.0704. The first-order valence-electron chi connectivity index (χ1n) is 7.68. The second-order valence-electron chi connectivity index (χ2n) is 5.70. The maximum absolute atomic E-state index is 11.9. The van der Waals surface area contributed by atoms with E-state index < -0.39 is 0 Å². The summed E-state index contributed by atoms with van der Waals surface area (Å²) in [6.45, 7) is 7.43. The van der Waals surface area contributed by atoms with Gasteiger partial charge < -0.3 is 10.6 Å². The molecule has 1 amide bonds. The smallest absolute Gasteiger partial charge is 0.222 e. The van der Waals surface area contributed by atoms with E-state index in [9.17, 15) is 4.79 Å². The SMILES string of the molecule is Cc1ccc(C)c(NCCC(=O)NCc2ccccc2C)c1. The minimum Gasteiger partial charge on any atom is -0.384 e. The number of amides is 1. The molecule has 2 rings (SSSR count). The van der Waals surface area contributed by atoms with E-state index in [0.717, 1.165) is 5.69 Å². The van der Waals surface area contributed by atoms with Gasteiger partial charge in [0, 0.05) is 25.2 Å². The quantitative estimate of drug-likeness (QED) is 0.853. The topological polar surface area (TPSA) is 41.1 Å². The Kier molecular flexibility index (Phi) is 5.59. The van der Waals surface area contributed by atoms with E-state index in [0.29, 0.717) is 19.5 Å². The first-order chi connectivity index (χ1) is 10.6. The summed E-state index contributed by atoms with van der Waals surface area (Å²) in [6, 6.07) is 14.4. The number of nitrogens with one attached hydrogen (secondary N) is 2. The van der Waals surface area contributed by atoms with E-state index in [2.05, 4.69) is 55.7 Å². The zero-order valence-electron chi connectivity index (χ0n) is 13.6. The molecule has 2 aromatic rings. The van der Waals surface area contributed by atoms with Crippen molar-refractivity contribution in [3.8, 4) is 0 Å². The molecule has 0 heterocycles. The molecule has 0 aliphatic heterocycles. The van der Waals surface area contributed by atoms with E-state index in [1.807, 2.05) is 18.2 Å². The Labute approximate surface area is 132 Å². The van der Waals surface area contributed by atoms with Crippen molar-refractivity contribution in [2.24, 2.45) is 0 Å². The average Bonchev–Trinajstić information content (AvgIpc) is 2.50. The Morgan fingerprint density at radius 2 is 1.77 bits per heavy atom. The summed E-state index contributed by atoms with van der Waals surface area (Å²) < 4.78 is 0. The van der Waals surface area contributed by atoms with Crippen LogP contribution < -0.4 is 10.6 Å². The van der Waals surface area contributed by atoms with Crippen molar-refractivity contribution in [1.82, 2.24) is 5.32 Å². The second kappa shape index (κ2) is 7.64. The van der Waals surface area contributed by atoms with Gasteiger partial charge in [-0.05, 0) is 49.1 Å². The van der Waals surface area contributed by atoms with E-state index in [-0.39, 0.29) is 5.91 Å². The van der Waals surface area contributed by atoms with Crippen LogP contribution in [0.15, 0.2) is 42.5 Å². The highest BCUT2D eigenvalue weighted by Crippen LogP contribution is 2.16. The number of carbonyl (C=O) groups excluding carboxylic acids is 1. The number of anilines is 1. The summed E-state index contributed by atoms with van der Waals surface area (Å²) in [5, 5.41) is 6.31. The lowest BCUT2D eigenvalue weighted by Crippen LogP contribution is -2.25. The van der Waals surface area contributed by atoms with Crippen molar-refractivity contribution in [1.29, 1.82) is 0 Å². The number of carbonyl (C=O) groups is 1. The van der Waals surface area contributed by atoms with Gasteiger partial charge in [0.15, 0.2) is 0 Å². The van der Waals surface area contributed by atoms with Crippen molar-refractivity contribution in [3.05, 3.63) is 64.7 Å². The van der Waals surface area contributed by atoms with Crippen LogP contribution in [0, 0.1) is 20.8 Å². The van der Waals surface area contributed by atoms with Crippen LogP contribution in [-0.4, -0.2) is 12.5 Å². The molecule has 0 unspecified atom stereocenters. The summed E-state index contributed by atoms with van der Waals surface area (Å²) in [5.74, 6) is 0.0704. The van der Waals surface area contributed by atoms with E-state index in [4.69, 9.17) is 0 Å². The van der Waals surface area contributed by atoms with Crippen LogP contribution in [0.1, 0.15) is 28.7 Å². The van der Waals surface area contributed by atoms with E-state index in [1.165, 1.54) is 22.3 Å². The van der Waals surface area contributed by atoms with Gasteiger partial charge in [0.2, 0.25) is 5.91 Å². The van der Waals surface area contributed by atoms with Crippen molar-refractivity contribution < 1.29 is 4.79 Å². The van der Waals surface area contributed by atoms with Crippen LogP contribution in [0.25, 0.3) is 0 Å². The molecule has 2 N–H and O–H groups in total. The van der Waals surface area contributed by atoms with E-state index >= 15 is 0 Å². The first kappa shape index (κ1) is 16.1. The molecule has 116 valence electrons. The molecule has 3 nitrogen and oxygen atoms in total. The molecule has 0 bridgehead atoms. The summed E-state index contributed by atoms with van der Waals surface area (Å²) >= 11 is 0. The molecular weight excluding hydrogens is 272 g/mol. The zero-order chi connectivity index (χ0) is 15.9. The van der Waals surface area contributed by atoms with Crippen LogP contribution in [0.3, 0.4) is 0 Å². The van der Waals surface area contributed by atoms with Crippen LogP contribution in [0.5, 0.6) is 0 Å². The summed E-state index contributed by atoms with van der Waals surface area (Å²) in [4.78, 5) is 11.9. The van der Waals surface area contributed by atoms with Crippen LogP contribution in [0.2, 0.25) is 0 Å². The standard InChI is InChI=1S/C19H24N2O/c1-14-8-9-16(3)18(12-14)20-11-10-19(22)21-13-17-7-5-4-6-15(17)2/h4-9,12,20H,10-11,13H2,1-3H3,(H,21,22). The molecule has 3 heteroatoms. The Bertz CT molecular complexity index is 650. The lowest BCUT2D eigenvalue weighted by atomic mass is 10.1. The zero-order valence-corrected chi connectivity index (χ0v) is 13.6. The van der Waals surface area contributed by atoms with Crippen LogP contribution >= 0.6 is 0 Å². The number of benzene rings is 2. The summed E-state index contributed by atoms with van der Waals surface area (Å²) in [7, 11) is 0. The summed E-state index contributed by atoms with van der Waals surface area (Å²) in [6.07, 6.45) is 0.471. The summed E-state index contributed by atoms with van der Waals surface area (Å²) in [5.41, 5.74) is 5.89. The van der Waals surface area contributed by atoms with Gasteiger partial charge in [-0.15, -0.1) is 0 Å². The van der Waals surface area contributed by atoms with Gasteiger partial charge in [0.1, 0.15) is 0 Å². The van der Waals surface area contributed by atoms with Gasteiger partial charge in [-0.25, -0.2) is 0 Å². The number of hydrogen-bond donors (Lipinski definition) is 2. The molecule has 0 saturated heterocycles. The third-order valence-corrected chi connectivity index (χ3v) is 3.80. The number of aryl methyl sites for hydroxylation is 3. The Balaban J connectivity index is 1.76. The molecule has 2 aromatic carbocycles. The van der Waals surface area contributed by atoms with Crippen LogP contribution in [0.4, 0.5) is 5.69 Å². The maximum atomic E-state index is 11.9. The molecule has 0 saturated carbocycles. The fourth-order valence-corrected chi connectivity index (χ4v) is 2.33. The molecule has 0 fully saturated rings. The highest BCUT2D eigenvalue weighted by molar-refractivity contribution is 5.76. The van der Waals surface area contributed by atoms with Gasteiger partial charge >= 0.3 is 0 Å². The molecule has 0 aliphatic carbocycles. The van der Waals surface area contributed by atoms with Crippen molar-refractivity contribution in [3.63, 3.8) is 0 Å².